The van der Waals surface area contributed by atoms with Crippen LogP contribution < -0.4 is 5.73 Å². The fraction of sp³-hybridized carbons (Fsp3) is 0.429. The van der Waals surface area contributed by atoms with Crippen molar-refractivity contribution in [2.75, 3.05) is 7.11 Å². The number of carbonyl (C=O) groups excluding carboxylic acids is 1. The third-order valence-corrected chi connectivity index (χ3v) is 1.61. The maximum absolute atomic E-state index is 10.9. The third kappa shape index (κ3) is 2.74. The fourth-order valence-corrected chi connectivity index (χ4v) is 0.847. The van der Waals surface area contributed by atoms with Crippen LogP contribution in [0.25, 0.3) is 0 Å². The van der Waals surface area contributed by atoms with Crippen LogP contribution in [0, 0.1) is 0 Å². The largest absolute Gasteiger partial charge is 0.480 e. The van der Waals surface area contributed by atoms with Gasteiger partial charge in [-0.1, -0.05) is 0 Å². The van der Waals surface area contributed by atoms with Crippen LogP contribution in [0.4, 0.5) is 0 Å². The minimum atomic E-state index is -1.15. The highest BCUT2D eigenvalue weighted by molar-refractivity contribution is 5.84. The molecule has 82 valence electrons. The normalized spacial score (nSPS) is 12.1. The minimum absolute atomic E-state index is 0.0562. The summed E-state index contributed by atoms with van der Waals surface area (Å²) in [6.45, 7) is -0.0562. The SMILES string of the molecule is COC(=O)c1ncn(CC(N)C(=O)O)n1. The molecule has 0 fully saturated rings. The van der Waals surface area contributed by atoms with E-state index in [2.05, 4.69) is 14.8 Å². The Kier molecular flexibility index (Phi) is 3.34. The summed E-state index contributed by atoms with van der Waals surface area (Å²) in [5.74, 6) is -1.96. The predicted octanol–water partition coefficient (Wildman–Crippen LogP) is -1.52. The number of esters is 1. The van der Waals surface area contributed by atoms with Crippen LogP contribution in [-0.4, -0.2) is 45.0 Å². The van der Waals surface area contributed by atoms with Crippen molar-refractivity contribution in [3.63, 3.8) is 0 Å². The molecule has 1 aromatic heterocycles. The third-order valence-electron chi connectivity index (χ3n) is 1.61. The summed E-state index contributed by atoms with van der Waals surface area (Å²) in [4.78, 5) is 25.0. The van der Waals surface area contributed by atoms with E-state index in [4.69, 9.17) is 10.8 Å². The highest BCUT2D eigenvalue weighted by atomic mass is 16.5. The van der Waals surface area contributed by atoms with E-state index in [0.29, 0.717) is 0 Å². The summed E-state index contributed by atoms with van der Waals surface area (Å²) in [5, 5.41) is 12.2. The zero-order valence-corrected chi connectivity index (χ0v) is 7.95. The lowest BCUT2D eigenvalue weighted by Crippen LogP contribution is -2.34. The Morgan fingerprint density at radius 1 is 1.73 bits per heavy atom. The molecule has 0 radical (unpaired) electrons. The number of nitrogens with zero attached hydrogens (tertiary/aromatic N) is 3. The molecule has 0 bridgehead atoms. The lowest BCUT2D eigenvalue weighted by Gasteiger charge is -2.04. The number of ether oxygens (including phenoxy) is 1. The molecule has 8 nitrogen and oxygen atoms in total. The first kappa shape index (κ1) is 11.1. The summed E-state index contributed by atoms with van der Waals surface area (Å²) in [6, 6.07) is -1.09. The number of rotatable bonds is 4. The van der Waals surface area contributed by atoms with E-state index in [9.17, 15) is 9.59 Å². The molecule has 0 saturated carbocycles. The topological polar surface area (TPSA) is 120 Å². The second kappa shape index (κ2) is 4.51. The van der Waals surface area contributed by atoms with Crippen molar-refractivity contribution in [2.45, 2.75) is 12.6 Å². The van der Waals surface area contributed by atoms with Gasteiger partial charge in [-0.3, -0.25) is 4.79 Å². The van der Waals surface area contributed by atoms with Gasteiger partial charge in [-0.25, -0.2) is 14.5 Å². The number of hydrogen-bond donors (Lipinski definition) is 2. The molecule has 8 heteroatoms. The highest BCUT2D eigenvalue weighted by Gasteiger charge is 2.15. The number of nitrogens with two attached hydrogens (primary N) is 1. The number of carbonyl (C=O) groups is 2. The van der Waals surface area contributed by atoms with Gasteiger partial charge in [-0.2, -0.15) is 0 Å². The van der Waals surface area contributed by atoms with E-state index in [1.807, 2.05) is 0 Å². The average Bonchev–Trinajstić information content (AvgIpc) is 2.65. The molecule has 1 unspecified atom stereocenters. The lowest BCUT2D eigenvalue weighted by atomic mass is 10.3. The standard InChI is InChI=1S/C7H10N4O4/c1-15-7(14)5-9-3-11(10-5)2-4(8)6(12)13/h3-4H,2,8H2,1H3,(H,12,13). The van der Waals surface area contributed by atoms with E-state index < -0.39 is 18.0 Å². The zero-order chi connectivity index (χ0) is 11.4. The first-order valence-electron chi connectivity index (χ1n) is 4.00. The molecule has 0 aromatic carbocycles. The van der Waals surface area contributed by atoms with E-state index in [1.165, 1.54) is 18.1 Å². The number of hydrogen-bond acceptors (Lipinski definition) is 6. The number of aliphatic carboxylic acids is 1. The molecular formula is C7H10N4O4. The van der Waals surface area contributed by atoms with E-state index >= 15 is 0 Å². The van der Waals surface area contributed by atoms with Gasteiger partial charge in [-0.15, -0.1) is 5.10 Å². The van der Waals surface area contributed by atoms with Gasteiger partial charge in [0.1, 0.15) is 12.4 Å². The summed E-state index contributed by atoms with van der Waals surface area (Å²) in [6.07, 6.45) is 1.22. The molecule has 0 spiro atoms. The first-order valence-corrected chi connectivity index (χ1v) is 4.00. The number of aromatic nitrogens is 3. The molecular weight excluding hydrogens is 204 g/mol. The van der Waals surface area contributed by atoms with Crippen LogP contribution in [0.1, 0.15) is 10.6 Å². The Labute approximate surface area is 84.7 Å². The summed E-state index contributed by atoms with van der Waals surface area (Å²) in [7, 11) is 1.20. The van der Waals surface area contributed by atoms with Crippen LogP contribution in [-0.2, 0) is 16.1 Å². The van der Waals surface area contributed by atoms with Crippen molar-refractivity contribution in [3.8, 4) is 0 Å². The van der Waals surface area contributed by atoms with Crippen molar-refractivity contribution in [3.05, 3.63) is 12.2 Å². The lowest BCUT2D eigenvalue weighted by molar-refractivity contribution is -0.138. The van der Waals surface area contributed by atoms with Gasteiger partial charge in [0.05, 0.1) is 13.7 Å². The van der Waals surface area contributed by atoms with Crippen LogP contribution in [0.3, 0.4) is 0 Å². The predicted molar refractivity (Wildman–Crippen MR) is 47.0 cm³/mol. The monoisotopic (exact) mass is 214 g/mol. The number of carboxylic acid groups (broad SMARTS) is 1. The summed E-state index contributed by atoms with van der Waals surface area (Å²) < 4.78 is 5.55. The molecule has 15 heavy (non-hydrogen) atoms. The highest BCUT2D eigenvalue weighted by Crippen LogP contribution is 1.94. The molecule has 1 atom stereocenters. The molecule has 1 rings (SSSR count). The van der Waals surface area contributed by atoms with Crippen molar-refractivity contribution in [1.82, 2.24) is 14.8 Å². The Morgan fingerprint density at radius 3 is 2.93 bits per heavy atom. The molecule has 0 aliphatic heterocycles. The van der Waals surface area contributed by atoms with Crippen molar-refractivity contribution in [1.29, 1.82) is 0 Å². The maximum Gasteiger partial charge on any atom is 0.377 e. The molecule has 1 aromatic rings. The van der Waals surface area contributed by atoms with E-state index in [-0.39, 0.29) is 12.4 Å². The van der Waals surface area contributed by atoms with Gasteiger partial charge < -0.3 is 15.6 Å². The van der Waals surface area contributed by atoms with Crippen molar-refractivity contribution in [2.24, 2.45) is 5.73 Å². The van der Waals surface area contributed by atoms with Crippen molar-refractivity contribution >= 4 is 11.9 Å². The Hall–Kier alpha value is -1.96. The minimum Gasteiger partial charge on any atom is -0.480 e. The summed E-state index contributed by atoms with van der Waals surface area (Å²) >= 11 is 0. The Bertz CT molecular complexity index is 375. The molecule has 3 N–H and O–H groups in total. The van der Waals surface area contributed by atoms with Gasteiger partial charge in [0.15, 0.2) is 0 Å². The van der Waals surface area contributed by atoms with E-state index in [1.54, 1.807) is 0 Å². The average molecular weight is 214 g/mol. The summed E-state index contributed by atoms with van der Waals surface area (Å²) in [5.41, 5.74) is 5.26. The quantitative estimate of drug-likeness (QED) is 0.583. The molecule has 1 heterocycles. The first-order chi connectivity index (χ1) is 7.04. The smallest absolute Gasteiger partial charge is 0.377 e. The van der Waals surface area contributed by atoms with Gasteiger partial charge >= 0.3 is 11.9 Å². The van der Waals surface area contributed by atoms with Crippen molar-refractivity contribution < 1.29 is 19.4 Å². The van der Waals surface area contributed by atoms with Gasteiger partial charge in [0.2, 0.25) is 0 Å². The van der Waals surface area contributed by atoms with Crippen LogP contribution in [0.15, 0.2) is 6.33 Å². The number of methoxy groups -OCH3 is 1. The molecule has 0 aliphatic rings. The Balaban J connectivity index is 2.68. The second-order valence-electron chi connectivity index (χ2n) is 2.73. The van der Waals surface area contributed by atoms with Gasteiger partial charge in [0.25, 0.3) is 5.82 Å². The number of carboxylic acids is 1. The van der Waals surface area contributed by atoms with Crippen LogP contribution in [0.2, 0.25) is 0 Å². The van der Waals surface area contributed by atoms with Crippen LogP contribution in [0.5, 0.6) is 0 Å². The van der Waals surface area contributed by atoms with E-state index in [0.717, 1.165) is 0 Å². The van der Waals surface area contributed by atoms with Crippen LogP contribution >= 0.6 is 0 Å². The molecule has 0 amide bonds. The fourth-order valence-electron chi connectivity index (χ4n) is 0.847. The van der Waals surface area contributed by atoms with Gasteiger partial charge in [0, 0.05) is 0 Å². The van der Waals surface area contributed by atoms with Gasteiger partial charge in [-0.05, 0) is 0 Å². The maximum atomic E-state index is 10.9. The second-order valence-corrected chi connectivity index (χ2v) is 2.73. The zero-order valence-electron chi connectivity index (χ0n) is 7.95. The molecule has 0 aliphatic carbocycles. The Morgan fingerprint density at radius 2 is 2.40 bits per heavy atom. The molecule has 0 saturated heterocycles.